The molecule has 1 amide bonds. The summed E-state index contributed by atoms with van der Waals surface area (Å²) in [4.78, 5) is 36.5. The van der Waals surface area contributed by atoms with Crippen molar-refractivity contribution in [3.05, 3.63) is 66.0 Å². The van der Waals surface area contributed by atoms with Crippen LogP contribution < -0.4 is 15.5 Å². The van der Waals surface area contributed by atoms with Crippen LogP contribution in [-0.2, 0) is 9.53 Å². The highest BCUT2D eigenvalue weighted by Gasteiger charge is 2.19. The number of amides is 1. The van der Waals surface area contributed by atoms with Gasteiger partial charge in [0.25, 0.3) is 0 Å². The number of hydrogen-bond donors (Lipinski definition) is 3. The SMILES string of the molecule is COC(=O)c1ccccc1OCCN(C(C)=O)n1ccnc1-c1nc2cc(C(=N)N)ccc2[nH]1. The molecule has 0 saturated heterocycles. The van der Waals surface area contributed by atoms with Crippen molar-refractivity contribution in [1.29, 1.82) is 5.41 Å². The molecule has 174 valence electrons. The second-order valence-electron chi connectivity index (χ2n) is 7.30. The summed E-state index contributed by atoms with van der Waals surface area (Å²) in [6.07, 6.45) is 3.21. The predicted molar refractivity (Wildman–Crippen MR) is 125 cm³/mol. The third-order valence-electron chi connectivity index (χ3n) is 5.10. The minimum atomic E-state index is -0.506. The Kier molecular flexibility index (Phi) is 6.26. The van der Waals surface area contributed by atoms with Gasteiger partial charge in [-0.15, -0.1) is 0 Å². The van der Waals surface area contributed by atoms with Crippen LogP contribution >= 0.6 is 0 Å². The second kappa shape index (κ2) is 9.45. The molecule has 0 radical (unpaired) electrons. The quantitative estimate of drug-likeness (QED) is 0.206. The summed E-state index contributed by atoms with van der Waals surface area (Å²) in [5.74, 6) is 0.439. The maximum absolute atomic E-state index is 12.5. The lowest BCUT2D eigenvalue weighted by molar-refractivity contribution is -0.118. The molecule has 11 heteroatoms. The molecule has 4 aromatic rings. The summed E-state index contributed by atoms with van der Waals surface area (Å²) in [5, 5.41) is 9.07. The Balaban J connectivity index is 1.57. The van der Waals surface area contributed by atoms with Gasteiger partial charge in [0.15, 0.2) is 11.6 Å². The molecule has 34 heavy (non-hydrogen) atoms. The fraction of sp³-hybridized carbons (Fsp3) is 0.174. The van der Waals surface area contributed by atoms with E-state index in [2.05, 4.69) is 15.0 Å². The molecular formula is C23H23N7O4. The molecule has 4 N–H and O–H groups in total. The molecule has 0 atom stereocenters. The zero-order chi connectivity index (χ0) is 24.2. The Morgan fingerprint density at radius 1 is 1.24 bits per heavy atom. The van der Waals surface area contributed by atoms with Gasteiger partial charge in [-0.25, -0.2) is 24.4 Å². The van der Waals surface area contributed by atoms with Gasteiger partial charge in [-0.05, 0) is 30.3 Å². The number of ether oxygens (including phenoxy) is 2. The molecule has 2 aromatic heterocycles. The van der Waals surface area contributed by atoms with Crippen LogP contribution in [0.2, 0.25) is 0 Å². The molecule has 0 aliphatic carbocycles. The van der Waals surface area contributed by atoms with Gasteiger partial charge in [0.05, 0.1) is 24.7 Å². The lowest BCUT2D eigenvalue weighted by Gasteiger charge is -2.23. The number of amidine groups is 1. The van der Waals surface area contributed by atoms with Gasteiger partial charge in [-0.1, -0.05) is 12.1 Å². The molecule has 0 aliphatic rings. The first-order valence-corrected chi connectivity index (χ1v) is 10.4. The average Bonchev–Trinajstić information content (AvgIpc) is 3.47. The number of H-pyrrole nitrogens is 1. The third-order valence-corrected chi connectivity index (χ3v) is 5.10. The van der Waals surface area contributed by atoms with Crippen LogP contribution in [0.5, 0.6) is 5.75 Å². The number of hydrogen-bond acceptors (Lipinski definition) is 7. The van der Waals surface area contributed by atoms with Gasteiger partial charge in [0.2, 0.25) is 5.91 Å². The molecule has 4 rings (SSSR count). The zero-order valence-corrected chi connectivity index (χ0v) is 18.6. The molecule has 0 bridgehead atoms. The normalized spacial score (nSPS) is 10.8. The van der Waals surface area contributed by atoms with Gasteiger partial charge in [0.1, 0.15) is 23.8 Å². The van der Waals surface area contributed by atoms with Crippen molar-refractivity contribution in [2.45, 2.75) is 6.92 Å². The highest BCUT2D eigenvalue weighted by atomic mass is 16.5. The Hall–Kier alpha value is -4.67. The van der Waals surface area contributed by atoms with E-state index in [1.54, 1.807) is 59.5 Å². The number of imidazole rings is 2. The van der Waals surface area contributed by atoms with Crippen LogP contribution in [0.25, 0.3) is 22.7 Å². The van der Waals surface area contributed by atoms with Crippen LogP contribution in [0.15, 0.2) is 54.9 Å². The first-order chi connectivity index (χ1) is 16.4. The zero-order valence-electron chi connectivity index (χ0n) is 18.6. The lowest BCUT2D eigenvalue weighted by Crippen LogP contribution is -2.42. The van der Waals surface area contributed by atoms with Crippen molar-refractivity contribution in [2.75, 3.05) is 25.3 Å². The number of para-hydroxylation sites is 1. The van der Waals surface area contributed by atoms with Gasteiger partial charge in [-0.2, -0.15) is 0 Å². The van der Waals surface area contributed by atoms with Crippen LogP contribution in [0, 0.1) is 5.41 Å². The summed E-state index contributed by atoms with van der Waals surface area (Å²) in [7, 11) is 1.30. The number of nitrogens with two attached hydrogens (primary N) is 1. The van der Waals surface area contributed by atoms with Gasteiger partial charge in [0, 0.05) is 24.9 Å². The smallest absolute Gasteiger partial charge is 0.341 e. The number of nitrogens with zero attached hydrogens (tertiary/aromatic N) is 4. The summed E-state index contributed by atoms with van der Waals surface area (Å²) in [6.45, 7) is 1.74. The predicted octanol–water partition coefficient (Wildman–Crippen LogP) is 2.06. The summed E-state index contributed by atoms with van der Waals surface area (Å²) >= 11 is 0. The second-order valence-corrected chi connectivity index (χ2v) is 7.30. The minimum Gasteiger partial charge on any atom is -0.491 e. The maximum Gasteiger partial charge on any atom is 0.341 e. The largest absolute Gasteiger partial charge is 0.491 e. The number of nitrogens with one attached hydrogen (secondary N) is 2. The number of esters is 1. The van der Waals surface area contributed by atoms with Gasteiger partial charge >= 0.3 is 5.97 Å². The number of rotatable bonds is 8. The third kappa shape index (κ3) is 4.44. The van der Waals surface area contributed by atoms with Crippen molar-refractivity contribution in [1.82, 2.24) is 19.6 Å². The Morgan fingerprint density at radius 3 is 2.76 bits per heavy atom. The van der Waals surface area contributed by atoms with Gasteiger partial charge < -0.3 is 20.2 Å². The molecule has 0 unspecified atom stereocenters. The number of nitrogen functional groups attached to an aromatic ring is 1. The highest BCUT2D eigenvalue weighted by molar-refractivity contribution is 5.98. The van der Waals surface area contributed by atoms with Crippen LogP contribution in [0.1, 0.15) is 22.8 Å². The Labute approximate surface area is 194 Å². The topological polar surface area (TPSA) is 152 Å². The van der Waals surface area contributed by atoms with E-state index in [1.165, 1.54) is 19.0 Å². The van der Waals surface area contributed by atoms with Crippen LogP contribution in [0.3, 0.4) is 0 Å². The Bertz CT molecular complexity index is 1370. The van der Waals surface area contributed by atoms with Crippen molar-refractivity contribution in [2.24, 2.45) is 5.73 Å². The summed E-state index contributed by atoms with van der Waals surface area (Å²) < 4.78 is 12.2. The van der Waals surface area contributed by atoms with E-state index in [-0.39, 0.29) is 24.9 Å². The number of aromatic nitrogens is 4. The van der Waals surface area contributed by atoms with Crippen molar-refractivity contribution >= 4 is 28.7 Å². The monoisotopic (exact) mass is 461 g/mol. The number of benzene rings is 2. The molecule has 2 heterocycles. The van der Waals surface area contributed by atoms with Crippen LogP contribution in [-0.4, -0.2) is 57.6 Å². The number of fused-ring (bicyclic) bond motifs is 1. The maximum atomic E-state index is 12.5. The molecule has 0 fully saturated rings. The first kappa shape index (κ1) is 22.5. The van der Waals surface area contributed by atoms with E-state index in [1.807, 2.05) is 0 Å². The number of aromatic amines is 1. The number of carbonyl (C=O) groups is 2. The van der Waals surface area contributed by atoms with Crippen molar-refractivity contribution in [3.8, 4) is 17.4 Å². The van der Waals surface area contributed by atoms with E-state index >= 15 is 0 Å². The standard InChI is InChI=1S/C23H23N7O4/c1-14(31)29(11-12-34-19-6-4-3-5-16(19)23(32)33-2)30-10-9-26-22(30)21-27-17-8-7-15(20(24)25)13-18(17)28-21/h3-10,13H,11-12H2,1-2H3,(H3,24,25)(H,27,28). The minimum absolute atomic E-state index is 0.0514. The van der Waals surface area contributed by atoms with E-state index in [0.29, 0.717) is 34.0 Å². The molecule has 2 aromatic carbocycles. The average molecular weight is 461 g/mol. The summed E-state index contributed by atoms with van der Waals surface area (Å²) in [6, 6.07) is 12.0. The van der Waals surface area contributed by atoms with Crippen molar-refractivity contribution in [3.63, 3.8) is 0 Å². The molecule has 11 nitrogen and oxygen atoms in total. The first-order valence-electron chi connectivity index (χ1n) is 10.4. The number of carbonyl (C=O) groups excluding carboxylic acids is 2. The number of methoxy groups -OCH3 is 1. The Morgan fingerprint density at radius 2 is 2.03 bits per heavy atom. The fourth-order valence-corrected chi connectivity index (χ4v) is 3.47. The molecule has 0 saturated carbocycles. The van der Waals surface area contributed by atoms with E-state index in [4.69, 9.17) is 20.6 Å². The van der Waals surface area contributed by atoms with E-state index in [0.717, 1.165) is 5.52 Å². The molecule has 0 spiro atoms. The van der Waals surface area contributed by atoms with E-state index in [9.17, 15) is 9.59 Å². The van der Waals surface area contributed by atoms with Crippen molar-refractivity contribution < 1.29 is 19.1 Å². The molecular weight excluding hydrogens is 438 g/mol. The summed E-state index contributed by atoms with van der Waals surface area (Å²) in [5.41, 5.74) is 7.79. The van der Waals surface area contributed by atoms with Gasteiger partial charge in [-0.3, -0.25) is 10.2 Å². The lowest BCUT2D eigenvalue weighted by atomic mass is 10.2. The highest BCUT2D eigenvalue weighted by Crippen LogP contribution is 2.21. The van der Waals surface area contributed by atoms with E-state index < -0.39 is 5.97 Å². The molecule has 0 aliphatic heterocycles. The fourth-order valence-electron chi connectivity index (χ4n) is 3.47. The van der Waals surface area contributed by atoms with Crippen LogP contribution in [0.4, 0.5) is 0 Å².